The molecule has 1 unspecified atom stereocenters. The van der Waals surface area contributed by atoms with E-state index in [4.69, 9.17) is 14.6 Å². The third-order valence-corrected chi connectivity index (χ3v) is 9.05. The first-order chi connectivity index (χ1) is 20.6. The van der Waals surface area contributed by atoms with Crippen molar-refractivity contribution in [2.24, 2.45) is 0 Å². The van der Waals surface area contributed by atoms with Gasteiger partial charge in [-0.3, -0.25) is 19.5 Å². The molecule has 0 spiro atoms. The van der Waals surface area contributed by atoms with Crippen LogP contribution in [0.2, 0.25) is 0 Å². The summed E-state index contributed by atoms with van der Waals surface area (Å²) in [6.07, 6.45) is 1.69. The fraction of sp³-hybridized carbons (Fsp3) is 0.333. The van der Waals surface area contributed by atoms with E-state index in [2.05, 4.69) is 51.0 Å². The number of pyridine rings is 1. The SMILES string of the molecule is Cc1cccc(-n2nc(C(C)(C)C)c3c2N(CC(=O)NCc2ccccn2)C(=O)CSC3c2ccc3c(c2)OCO3)c1C. The summed E-state index contributed by atoms with van der Waals surface area (Å²) in [6, 6.07) is 17.6. The lowest BCUT2D eigenvalue weighted by atomic mass is 9.87. The molecule has 2 aliphatic rings. The smallest absolute Gasteiger partial charge is 0.240 e. The molecule has 0 bridgehead atoms. The number of aryl methyl sites for hydroxylation is 1. The van der Waals surface area contributed by atoms with E-state index >= 15 is 0 Å². The fourth-order valence-electron chi connectivity index (χ4n) is 5.44. The molecule has 0 aliphatic carbocycles. The van der Waals surface area contributed by atoms with Gasteiger partial charge in [0.2, 0.25) is 18.6 Å². The number of rotatable bonds is 6. The van der Waals surface area contributed by atoms with Crippen molar-refractivity contribution < 1.29 is 19.1 Å². The number of aromatic nitrogens is 3. The summed E-state index contributed by atoms with van der Waals surface area (Å²) in [7, 11) is 0. The van der Waals surface area contributed by atoms with E-state index in [1.807, 2.05) is 53.2 Å². The van der Waals surface area contributed by atoms with Gasteiger partial charge in [-0.2, -0.15) is 5.10 Å². The topological polar surface area (TPSA) is 98.6 Å². The Morgan fingerprint density at radius 3 is 2.65 bits per heavy atom. The molecule has 0 saturated carbocycles. The molecule has 4 heterocycles. The molecule has 222 valence electrons. The van der Waals surface area contributed by atoms with E-state index in [0.29, 0.717) is 17.3 Å². The van der Waals surface area contributed by atoms with Gasteiger partial charge in [0.1, 0.15) is 12.4 Å². The highest BCUT2D eigenvalue weighted by molar-refractivity contribution is 8.00. The molecule has 2 aromatic heterocycles. The number of carbonyl (C=O) groups excluding carboxylic acids is 2. The van der Waals surface area contributed by atoms with Crippen molar-refractivity contribution in [3.05, 3.63) is 94.4 Å². The highest BCUT2D eigenvalue weighted by Gasteiger charge is 2.40. The van der Waals surface area contributed by atoms with Crippen molar-refractivity contribution in [3.63, 3.8) is 0 Å². The molecule has 4 aromatic rings. The number of hydrogen-bond acceptors (Lipinski definition) is 7. The molecule has 43 heavy (non-hydrogen) atoms. The van der Waals surface area contributed by atoms with Gasteiger partial charge in [-0.15, -0.1) is 11.8 Å². The third-order valence-electron chi connectivity index (χ3n) is 7.80. The standard InChI is InChI=1S/C33H35N5O4S/c1-20-9-8-11-24(21(20)2)38-32-29(31(36-38)33(3,4)5)30(22-12-13-25-26(15-22)42-19-41-25)43-18-28(40)37(32)17-27(39)35-16-23-10-6-7-14-34-23/h6-15,30H,16-19H2,1-5H3,(H,35,39). The van der Waals surface area contributed by atoms with Gasteiger partial charge >= 0.3 is 0 Å². The van der Waals surface area contributed by atoms with E-state index in [9.17, 15) is 9.59 Å². The average Bonchev–Trinajstić information content (AvgIpc) is 3.59. The molecule has 9 nitrogen and oxygen atoms in total. The van der Waals surface area contributed by atoms with Gasteiger partial charge in [0.05, 0.1) is 34.6 Å². The molecule has 2 aliphatic heterocycles. The minimum atomic E-state index is -0.359. The number of amides is 2. The first kappa shape index (κ1) is 28.8. The summed E-state index contributed by atoms with van der Waals surface area (Å²) in [5, 5.41) is 7.93. The van der Waals surface area contributed by atoms with Crippen molar-refractivity contribution >= 4 is 29.4 Å². The molecule has 0 fully saturated rings. The molecule has 10 heteroatoms. The van der Waals surface area contributed by atoms with Crippen LogP contribution in [0.4, 0.5) is 5.82 Å². The summed E-state index contributed by atoms with van der Waals surface area (Å²) in [6.45, 7) is 10.8. The van der Waals surface area contributed by atoms with Crippen LogP contribution in [0, 0.1) is 13.8 Å². The van der Waals surface area contributed by atoms with Gasteiger partial charge in [0.15, 0.2) is 11.5 Å². The Balaban J connectivity index is 1.51. The van der Waals surface area contributed by atoms with Gasteiger partial charge in [-0.25, -0.2) is 4.68 Å². The zero-order valence-electron chi connectivity index (χ0n) is 25.0. The van der Waals surface area contributed by atoms with Crippen LogP contribution in [-0.2, 0) is 21.5 Å². The first-order valence-corrected chi connectivity index (χ1v) is 15.3. The number of carbonyl (C=O) groups is 2. The summed E-state index contributed by atoms with van der Waals surface area (Å²) >= 11 is 1.54. The van der Waals surface area contributed by atoms with Crippen LogP contribution in [0.15, 0.2) is 60.8 Å². The molecule has 6 rings (SSSR count). The number of ether oxygens (including phenoxy) is 2. The molecule has 0 saturated heterocycles. The van der Waals surface area contributed by atoms with Crippen LogP contribution in [-0.4, -0.2) is 45.7 Å². The highest BCUT2D eigenvalue weighted by Crippen LogP contribution is 2.50. The fourth-order valence-corrected chi connectivity index (χ4v) is 6.62. The zero-order valence-corrected chi connectivity index (χ0v) is 25.8. The van der Waals surface area contributed by atoms with Crippen molar-refractivity contribution in [3.8, 4) is 17.2 Å². The lowest BCUT2D eigenvalue weighted by Gasteiger charge is -2.25. The monoisotopic (exact) mass is 597 g/mol. The van der Waals surface area contributed by atoms with Gasteiger partial charge in [-0.05, 0) is 60.9 Å². The molecule has 1 N–H and O–H groups in total. The van der Waals surface area contributed by atoms with E-state index in [1.54, 1.807) is 11.1 Å². The molecule has 2 aromatic carbocycles. The van der Waals surface area contributed by atoms with Crippen LogP contribution in [0.3, 0.4) is 0 Å². The van der Waals surface area contributed by atoms with Crippen molar-refractivity contribution in [2.75, 3.05) is 24.0 Å². The number of fused-ring (bicyclic) bond motifs is 2. The number of nitrogens with one attached hydrogen (secondary N) is 1. The second-order valence-corrected chi connectivity index (χ2v) is 12.9. The maximum atomic E-state index is 14.0. The van der Waals surface area contributed by atoms with Crippen LogP contribution in [0.1, 0.15) is 59.7 Å². The Labute approximate surface area is 255 Å². The summed E-state index contributed by atoms with van der Waals surface area (Å²) in [5.74, 6) is 1.76. The maximum Gasteiger partial charge on any atom is 0.240 e. The number of thioether (sulfide) groups is 1. The second-order valence-electron chi connectivity index (χ2n) is 11.8. The minimum absolute atomic E-state index is 0.146. The van der Waals surface area contributed by atoms with Gasteiger partial charge in [0, 0.05) is 17.2 Å². The summed E-state index contributed by atoms with van der Waals surface area (Å²) in [5.41, 5.74) is 6.19. The van der Waals surface area contributed by atoms with E-state index in [-0.39, 0.29) is 48.1 Å². The second kappa shape index (κ2) is 11.4. The van der Waals surface area contributed by atoms with Gasteiger partial charge in [0.25, 0.3) is 0 Å². The van der Waals surface area contributed by atoms with E-state index in [1.165, 1.54) is 11.8 Å². The molecule has 0 radical (unpaired) electrons. The Morgan fingerprint density at radius 2 is 1.88 bits per heavy atom. The predicted octanol–water partition coefficient (Wildman–Crippen LogP) is 5.40. The van der Waals surface area contributed by atoms with Crippen LogP contribution < -0.4 is 19.7 Å². The predicted molar refractivity (Wildman–Crippen MR) is 167 cm³/mol. The number of benzene rings is 2. The summed E-state index contributed by atoms with van der Waals surface area (Å²) in [4.78, 5) is 33.3. The van der Waals surface area contributed by atoms with Gasteiger partial charge < -0.3 is 14.8 Å². The molecular weight excluding hydrogens is 562 g/mol. The quantitative estimate of drug-likeness (QED) is 0.318. The number of anilines is 1. The Hall–Kier alpha value is -4.31. The first-order valence-electron chi connectivity index (χ1n) is 14.3. The third kappa shape index (κ3) is 5.59. The van der Waals surface area contributed by atoms with E-state index < -0.39 is 0 Å². The highest BCUT2D eigenvalue weighted by atomic mass is 32.2. The lowest BCUT2D eigenvalue weighted by molar-refractivity contribution is -0.123. The van der Waals surface area contributed by atoms with Gasteiger partial charge in [-0.1, -0.05) is 45.0 Å². The molecule has 2 amide bonds. The normalized spacial score (nSPS) is 16.2. The Morgan fingerprint density at radius 1 is 1.07 bits per heavy atom. The Kier molecular flexibility index (Phi) is 7.64. The zero-order chi connectivity index (χ0) is 30.3. The van der Waals surface area contributed by atoms with Crippen LogP contribution >= 0.6 is 11.8 Å². The van der Waals surface area contributed by atoms with Crippen LogP contribution in [0.5, 0.6) is 11.5 Å². The van der Waals surface area contributed by atoms with Crippen molar-refractivity contribution in [2.45, 2.75) is 51.8 Å². The number of nitrogens with zero attached hydrogens (tertiary/aromatic N) is 4. The summed E-state index contributed by atoms with van der Waals surface area (Å²) < 4.78 is 13.2. The van der Waals surface area contributed by atoms with Crippen molar-refractivity contribution in [1.29, 1.82) is 0 Å². The molecular formula is C33H35N5O4S. The molecule has 1 atom stereocenters. The van der Waals surface area contributed by atoms with Crippen LogP contribution in [0.25, 0.3) is 5.69 Å². The van der Waals surface area contributed by atoms with Crippen molar-refractivity contribution in [1.82, 2.24) is 20.1 Å². The largest absolute Gasteiger partial charge is 0.454 e. The average molecular weight is 598 g/mol. The van der Waals surface area contributed by atoms with E-state index in [0.717, 1.165) is 39.3 Å². The lowest BCUT2D eigenvalue weighted by Crippen LogP contribution is -2.42. The number of hydrogen-bond donors (Lipinski definition) is 1. The maximum absolute atomic E-state index is 14.0. The Bertz CT molecular complexity index is 1700. The minimum Gasteiger partial charge on any atom is -0.454 e.